The molecule has 0 radical (unpaired) electrons. The van der Waals surface area contributed by atoms with Crippen LogP contribution in [0.5, 0.6) is 0 Å². The Morgan fingerprint density at radius 3 is 2.00 bits per heavy atom. The van der Waals surface area contributed by atoms with Crippen LogP contribution in [0.2, 0.25) is 0 Å². The highest BCUT2D eigenvalue weighted by molar-refractivity contribution is 5.94. The molecule has 0 aromatic heterocycles. The molecule has 4 N–H and O–H groups in total. The van der Waals surface area contributed by atoms with Crippen LogP contribution in [0.25, 0.3) is 0 Å². The first-order valence-electron chi connectivity index (χ1n) is 7.07. The Labute approximate surface area is 127 Å². The van der Waals surface area contributed by atoms with Crippen LogP contribution in [-0.2, 0) is 9.53 Å². The van der Waals surface area contributed by atoms with Gasteiger partial charge in [-0.25, -0.2) is 4.79 Å². The highest BCUT2D eigenvalue weighted by atomic mass is 19.4. The molecule has 1 fully saturated rings. The van der Waals surface area contributed by atoms with Crippen molar-refractivity contribution in [3.63, 3.8) is 0 Å². The summed E-state index contributed by atoms with van der Waals surface area (Å²) in [7, 11) is 1.09. The number of carbonyl (C=O) groups is 1. The van der Waals surface area contributed by atoms with E-state index in [4.69, 9.17) is 11.5 Å². The third-order valence-electron chi connectivity index (χ3n) is 3.68. The molecule has 1 saturated heterocycles. The molecule has 0 unspecified atom stereocenters. The zero-order valence-corrected chi connectivity index (χ0v) is 12.8. The first kappa shape index (κ1) is 18.2. The van der Waals surface area contributed by atoms with Gasteiger partial charge in [-0.2, -0.15) is 13.2 Å². The minimum atomic E-state index is -4.73. The number of methoxy groups -OCH3 is 1. The number of ether oxygens (including phenoxy) is 1. The van der Waals surface area contributed by atoms with Gasteiger partial charge in [0.2, 0.25) is 0 Å². The molecule has 1 aliphatic rings. The van der Waals surface area contributed by atoms with E-state index in [2.05, 4.69) is 4.74 Å². The van der Waals surface area contributed by atoms with Gasteiger partial charge in [0, 0.05) is 13.1 Å². The molecule has 5 nitrogen and oxygen atoms in total. The van der Waals surface area contributed by atoms with E-state index in [0.717, 1.165) is 39.7 Å². The highest BCUT2D eigenvalue weighted by Crippen LogP contribution is 2.29. The lowest BCUT2D eigenvalue weighted by molar-refractivity contribution is -0.136. The smallest absolute Gasteiger partial charge is 0.431 e. The number of hydrogen-bond acceptors (Lipinski definition) is 5. The van der Waals surface area contributed by atoms with Crippen molar-refractivity contribution in [1.29, 1.82) is 0 Å². The van der Waals surface area contributed by atoms with Crippen LogP contribution in [0.4, 0.5) is 13.2 Å². The van der Waals surface area contributed by atoms with Gasteiger partial charge in [0.15, 0.2) is 0 Å². The number of nitrogens with two attached hydrogens (primary N) is 2. The van der Waals surface area contributed by atoms with E-state index in [9.17, 15) is 18.0 Å². The van der Waals surface area contributed by atoms with Gasteiger partial charge in [0.05, 0.1) is 7.11 Å². The van der Waals surface area contributed by atoms with Gasteiger partial charge in [-0.1, -0.05) is 12.8 Å². The third-order valence-corrected chi connectivity index (χ3v) is 3.68. The average molecular weight is 321 g/mol. The van der Waals surface area contributed by atoms with E-state index in [1.54, 1.807) is 4.90 Å². The van der Waals surface area contributed by atoms with Crippen LogP contribution >= 0.6 is 0 Å². The lowest BCUT2D eigenvalue weighted by atomic mass is 10.0. The molecule has 1 rings (SSSR count). The highest BCUT2D eigenvalue weighted by Gasteiger charge is 2.36. The number of halogens is 3. The summed E-state index contributed by atoms with van der Waals surface area (Å²) in [6.07, 6.45) is -0.949. The molecule has 0 atom stereocenters. The van der Waals surface area contributed by atoms with Gasteiger partial charge in [0.25, 0.3) is 0 Å². The first-order valence-corrected chi connectivity index (χ1v) is 7.07. The van der Waals surface area contributed by atoms with Crippen molar-refractivity contribution in [1.82, 2.24) is 4.90 Å². The van der Waals surface area contributed by atoms with Crippen molar-refractivity contribution in [2.45, 2.75) is 38.8 Å². The van der Waals surface area contributed by atoms with Gasteiger partial charge >= 0.3 is 12.1 Å². The second-order valence-electron chi connectivity index (χ2n) is 5.19. The van der Waals surface area contributed by atoms with Gasteiger partial charge in [-0.3, -0.25) is 0 Å². The van der Waals surface area contributed by atoms with Crippen molar-refractivity contribution < 1.29 is 22.7 Å². The Morgan fingerprint density at radius 1 is 1.09 bits per heavy atom. The van der Waals surface area contributed by atoms with Crippen molar-refractivity contribution >= 4 is 5.97 Å². The molecule has 8 heteroatoms. The number of esters is 1. The van der Waals surface area contributed by atoms with Crippen molar-refractivity contribution in [3.8, 4) is 0 Å². The van der Waals surface area contributed by atoms with Crippen LogP contribution < -0.4 is 11.5 Å². The second kappa shape index (κ2) is 7.42. The quantitative estimate of drug-likeness (QED) is 0.472. The summed E-state index contributed by atoms with van der Waals surface area (Å²) in [6.45, 7) is 2.30. The topological polar surface area (TPSA) is 81.6 Å². The van der Waals surface area contributed by atoms with Crippen LogP contribution in [0.1, 0.15) is 32.6 Å². The SMILES string of the molecule is COC(=O)C(/C(C)=C(\N)C(F)(F)F)=C(/N)N1CCCCCC1. The molecule has 0 amide bonds. The Balaban J connectivity index is 3.32. The fourth-order valence-corrected chi connectivity index (χ4v) is 2.37. The molecular formula is C14H22F3N3O2. The predicted molar refractivity (Wildman–Crippen MR) is 76.2 cm³/mol. The number of likely N-dealkylation sites (tertiary alicyclic amines) is 1. The maximum Gasteiger partial charge on any atom is 0.431 e. The zero-order chi connectivity index (χ0) is 16.9. The zero-order valence-electron chi connectivity index (χ0n) is 12.8. The number of alkyl halides is 3. The first-order chi connectivity index (χ1) is 10.2. The number of hydrogen-bond donors (Lipinski definition) is 2. The van der Waals surface area contributed by atoms with Gasteiger partial charge < -0.3 is 21.1 Å². The normalized spacial score (nSPS) is 19.0. The molecule has 126 valence electrons. The molecular weight excluding hydrogens is 299 g/mol. The van der Waals surface area contributed by atoms with Crippen molar-refractivity contribution in [3.05, 3.63) is 22.7 Å². The van der Waals surface area contributed by atoms with Crippen LogP contribution in [0.3, 0.4) is 0 Å². The molecule has 1 aliphatic heterocycles. The Morgan fingerprint density at radius 2 is 1.59 bits per heavy atom. The standard InChI is InChI=1S/C14H22F3N3O2/c1-9(11(18)14(15,16)17)10(13(21)22-2)12(19)20-7-5-3-4-6-8-20/h3-8,18-19H2,1-2H3/b11-9-,12-10-. The minimum absolute atomic E-state index is 0.0153. The molecule has 0 aromatic carbocycles. The predicted octanol–water partition coefficient (Wildman–Crippen LogP) is 2.00. The number of nitrogens with zero attached hydrogens (tertiary/aromatic N) is 1. The largest absolute Gasteiger partial charge is 0.465 e. The number of carbonyl (C=O) groups excluding carboxylic acids is 1. The summed E-state index contributed by atoms with van der Waals surface area (Å²) in [5.41, 5.74) is 9.01. The third kappa shape index (κ3) is 4.32. The minimum Gasteiger partial charge on any atom is -0.465 e. The molecule has 0 bridgehead atoms. The van der Waals surface area contributed by atoms with E-state index >= 15 is 0 Å². The number of rotatable bonds is 3. The van der Waals surface area contributed by atoms with E-state index in [-0.39, 0.29) is 11.4 Å². The Hall–Kier alpha value is -1.86. The Kier molecular flexibility index (Phi) is 6.13. The van der Waals surface area contributed by atoms with Gasteiger partial charge in [0.1, 0.15) is 17.1 Å². The summed E-state index contributed by atoms with van der Waals surface area (Å²) < 4.78 is 42.9. The summed E-state index contributed by atoms with van der Waals surface area (Å²) in [6, 6.07) is 0. The van der Waals surface area contributed by atoms with Crippen LogP contribution in [0.15, 0.2) is 22.7 Å². The van der Waals surface area contributed by atoms with E-state index < -0.39 is 23.4 Å². The van der Waals surface area contributed by atoms with Gasteiger partial charge in [-0.05, 0) is 25.3 Å². The van der Waals surface area contributed by atoms with E-state index in [1.165, 1.54) is 0 Å². The average Bonchev–Trinajstić information content (AvgIpc) is 2.74. The molecule has 22 heavy (non-hydrogen) atoms. The molecule has 0 spiro atoms. The van der Waals surface area contributed by atoms with Crippen molar-refractivity contribution in [2.24, 2.45) is 11.5 Å². The van der Waals surface area contributed by atoms with Gasteiger partial charge in [-0.15, -0.1) is 0 Å². The fourth-order valence-electron chi connectivity index (χ4n) is 2.37. The maximum atomic E-state index is 12.8. The molecule has 0 saturated carbocycles. The van der Waals surface area contributed by atoms with Crippen LogP contribution in [0, 0.1) is 0 Å². The molecule has 0 aromatic rings. The summed E-state index contributed by atoms with van der Waals surface area (Å²) in [5.74, 6) is -0.940. The van der Waals surface area contributed by atoms with Crippen molar-refractivity contribution in [2.75, 3.05) is 20.2 Å². The summed E-state index contributed by atoms with van der Waals surface area (Å²) >= 11 is 0. The second-order valence-corrected chi connectivity index (χ2v) is 5.19. The molecule has 1 heterocycles. The monoisotopic (exact) mass is 321 g/mol. The van der Waals surface area contributed by atoms with Crippen LogP contribution in [-0.4, -0.2) is 37.2 Å². The van der Waals surface area contributed by atoms with E-state index in [1.807, 2.05) is 0 Å². The summed E-state index contributed by atoms with van der Waals surface area (Å²) in [5, 5.41) is 0. The number of allylic oxidation sites excluding steroid dienone is 1. The molecule has 0 aliphatic carbocycles. The van der Waals surface area contributed by atoms with E-state index in [0.29, 0.717) is 13.1 Å². The maximum absolute atomic E-state index is 12.8. The summed E-state index contributed by atoms with van der Waals surface area (Å²) in [4.78, 5) is 13.6. The lowest BCUT2D eigenvalue weighted by Crippen LogP contribution is -2.33. The fraction of sp³-hybridized carbons (Fsp3) is 0.643. The Bertz CT molecular complexity index is 476. The lowest BCUT2D eigenvalue weighted by Gasteiger charge is -2.25.